The SMILES string of the molecule is CCCCC1Nc2cc(F)c(Br)cc2NC1=O. The molecule has 1 aliphatic heterocycles. The smallest absolute Gasteiger partial charge is 0.246 e. The third kappa shape index (κ3) is 2.60. The van der Waals surface area contributed by atoms with Crippen LogP contribution in [0, 0.1) is 5.82 Å². The van der Waals surface area contributed by atoms with Crippen LogP contribution < -0.4 is 10.6 Å². The molecule has 92 valence electrons. The Morgan fingerprint density at radius 3 is 2.88 bits per heavy atom. The number of carbonyl (C=O) groups is 1. The van der Waals surface area contributed by atoms with Crippen molar-refractivity contribution < 1.29 is 9.18 Å². The lowest BCUT2D eigenvalue weighted by Crippen LogP contribution is -2.38. The summed E-state index contributed by atoms with van der Waals surface area (Å²) in [5, 5.41) is 5.87. The average molecular weight is 301 g/mol. The standard InChI is InChI=1S/C12H14BrFN2O/c1-2-3-4-9-12(17)16-10-5-7(13)8(14)6-11(10)15-9/h5-6,9,15H,2-4H2,1H3,(H,16,17). The van der Waals surface area contributed by atoms with E-state index in [-0.39, 0.29) is 17.8 Å². The first-order valence-corrected chi connectivity index (χ1v) is 6.47. The summed E-state index contributed by atoms with van der Waals surface area (Å²) in [6.07, 6.45) is 2.77. The van der Waals surface area contributed by atoms with E-state index in [0.717, 1.165) is 19.3 Å². The summed E-state index contributed by atoms with van der Waals surface area (Å²) in [5.74, 6) is -0.383. The van der Waals surface area contributed by atoms with Crippen LogP contribution in [0.15, 0.2) is 16.6 Å². The van der Waals surface area contributed by atoms with Crippen molar-refractivity contribution in [1.29, 1.82) is 0 Å². The van der Waals surface area contributed by atoms with Crippen LogP contribution >= 0.6 is 15.9 Å². The second-order valence-corrected chi connectivity index (χ2v) is 4.99. The summed E-state index contributed by atoms with van der Waals surface area (Å²) in [5.41, 5.74) is 1.27. The fourth-order valence-corrected chi connectivity index (χ4v) is 2.20. The van der Waals surface area contributed by atoms with Crippen LogP contribution in [0.3, 0.4) is 0 Å². The van der Waals surface area contributed by atoms with Gasteiger partial charge in [-0.2, -0.15) is 0 Å². The molecule has 1 atom stereocenters. The summed E-state index contributed by atoms with van der Waals surface area (Å²) in [7, 11) is 0. The molecule has 1 aromatic carbocycles. The summed E-state index contributed by atoms with van der Waals surface area (Å²) in [4.78, 5) is 11.8. The fraction of sp³-hybridized carbons (Fsp3) is 0.417. The normalized spacial score (nSPS) is 18.3. The highest BCUT2D eigenvalue weighted by molar-refractivity contribution is 9.10. The van der Waals surface area contributed by atoms with Gasteiger partial charge in [-0.05, 0) is 28.4 Å². The van der Waals surface area contributed by atoms with E-state index < -0.39 is 0 Å². The molecule has 5 heteroatoms. The zero-order valence-corrected chi connectivity index (χ0v) is 11.1. The van der Waals surface area contributed by atoms with Crippen molar-refractivity contribution in [2.24, 2.45) is 0 Å². The summed E-state index contributed by atoms with van der Waals surface area (Å²) in [6, 6.07) is 2.71. The Morgan fingerprint density at radius 1 is 1.41 bits per heavy atom. The first-order chi connectivity index (χ1) is 8.11. The maximum atomic E-state index is 13.4. The number of hydrogen-bond donors (Lipinski definition) is 2. The van der Waals surface area contributed by atoms with Crippen molar-refractivity contribution in [3.63, 3.8) is 0 Å². The molecule has 0 aliphatic carbocycles. The lowest BCUT2D eigenvalue weighted by Gasteiger charge is -2.27. The fourth-order valence-electron chi connectivity index (χ4n) is 1.85. The van der Waals surface area contributed by atoms with Crippen molar-refractivity contribution in [2.45, 2.75) is 32.2 Å². The quantitative estimate of drug-likeness (QED) is 0.897. The van der Waals surface area contributed by atoms with Crippen molar-refractivity contribution in [3.05, 3.63) is 22.4 Å². The molecule has 1 unspecified atom stereocenters. The summed E-state index contributed by atoms with van der Waals surface area (Å²) in [6.45, 7) is 2.07. The minimum absolute atomic E-state index is 0.0514. The second kappa shape index (κ2) is 5.04. The number of fused-ring (bicyclic) bond motifs is 1. The van der Waals surface area contributed by atoms with Gasteiger partial charge in [-0.3, -0.25) is 4.79 Å². The van der Waals surface area contributed by atoms with Crippen molar-refractivity contribution >= 4 is 33.2 Å². The molecule has 2 rings (SSSR count). The highest BCUT2D eigenvalue weighted by atomic mass is 79.9. The van der Waals surface area contributed by atoms with Gasteiger partial charge in [0.15, 0.2) is 0 Å². The molecule has 2 N–H and O–H groups in total. The van der Waals surface area contributed by atoms with Crippen LogP contribution in [0.5, 0.6) is 0 Å². The third-order valence-electron chi connectivity index (χ3n) is 2.81. The van der Waals surface area contributed by atoms with Gasteiger partial charge in [0, 0.05) is 6.07 Å². The van der Waals surface area contributed by atoms with Crippen LogP contribution in [0.4, 0.5) is 15.8 Å². The molecule has 0 saturated carbocycles. The number of rotatable bonds is 3. The van der Waals surface area contributed by atoms with Gasteiger partial charge in [0.05, 0.1) is 15.8 Å². The van der Waals surface area contributed by atoms with Crippen LogP contribution in [0.2, 0.25) is 0 Å². The number of benzene rings is 1. The molecule has 0 aromatic heterocycles. The number of hydrogen-bond acceptors (Lipinski definition) is 2. The monoisotopic (exact) mass is 300 g/mol. The topological polar surface area (TPSA) is 41.1 Å². The molecule has 0 bridgehead atoms. The molecule has 0 saturated heterocycles. The van der Waals surface area contributed by atoms with Crippen molar-refractivity contribution in [3.8, 4) is 0 Å². The Labute approximate surface area is 108 Å². The van der Waals surface area contributed by atoms with E-state index in [9.17, 15) is 9.18 Å². The van der Waals surface area contributed by atoms with E-state index in [1.165, 1.54) is 6.07 Å². The summed E-state index contributed by atoms with van der Waals surface area (Å²) >= 11 is 3.10. The van der Waals surface area contributed by atoms with E-state index in [1.54, 1.807) is 6.07 Å². The van der Waals surface area contributed by atoms with Crippen LogP contribution in [0.25, 0.3) is 0 Å². The van der Waals surface area contributed by atoms with Gasteiger partial charge < -0.3 is 10.6 Å². The average Bonchev–Trinajstić information content (AvgIpc) is 2.29. The van der Waals surface area contributed by atoms with Gasteiger partial charge in [-0.1, -0.05) is 19.8 Å². The molecule has 1 heterocycles. The molecule has 3 nitrogen and oxygen atoms in total. The minimum Gasteiger partial charge on any atom is -0.372 e. The molecule has 0 radical (unpaired) electrons. The second-order valence-electron chi connectivity index (χ2n) is 4.14. The van der Waals surface area contributed by atoms with Gasteiger partial charge in [-0.25, -0.2) is 4.39 Å². The lowest BCUT2D eigenvalue weighted by molar-refractivity contribution is -0.117. The predicted molar refractivity (Wildman–Crippen MR) is 69.7 cm³/mol. The zero-order chi connectivity index (χ0) is 12.4. The Kier molecular flexibility index (Phi) is 3.66. The Hall–Kier alpha value is -1.10. The molecule has 0 fully saturated rings. The van der Waals surface area contributed by atoms with E-state index in [4.69, 9.17) is 0 Å². The summed E-state index contributed by atoms with van der Waals surface area (Å²) < 4.78 is 13.7. The largest absolute Gasteiger partial charge is 0.372 e. The number of halogens is 2. The van der Waals surface area contributed by atoms with Crippen LogP contribution in [-0.4, -0.2) is 11.9 Å². The Morgan fingerprint density at radius 2 is 2.18 bits per heavy atom. The zero-order valence-electron chi connectivity index (χ0n) is 9.52. The lowest BCUT2D eigenvalue weighted by atomic mass is 10.1. The first-order valence-electron chi connectivity index (χ1n) is 5.68. The number of unbranched alkanes of at least 4 members (excludes halogenated alkanes) is 1. The van der Waals surface area contributed by atoms with Gasteiger partial charge in [0.25, 0.3) is 0 Å². The predicted octanol–water partition coefficient (Wildman–Crippen LogP) is 3.51. The van der Waals surface area contributed by atoms with E-state index in [0.29, 0.717) is 15.8 Å². The van der Waals surface area contributed by atoms with E-state index in [1.807, 2.05) is 0 Å². The number of anilines is 2. The maximum absolute atomic E-state index is 13.4. The van der Waals surface area contributed by atoms with E-state index >= 15 is 0 Å². The van der Waals surface area contributed by atoms with Crippen molar-refractivity contribution in [2.75, 3.05) is 10.6 Å². The van der Waals surface area contributed by atoms with Crippen LogP contribution in [0.1, 0.15) is 26.2 Å². The van der Waals surface area contributed by atoms with Gasteiger partial charge >= 0.3 is 0 Å². The minimum atomic E-state index is -0.332. The number of amides is 1. The number of nitrogens with one attached hydrogen (secondary N) is 2. The molecule has 17 heavy (non-hydrogen) atoms. The van der Waals surface area contributed by atoms with Crippen molar-refractivity contribution in [1.82, 2.24) is 0 Å². The first kappa shape index (κ1) is 12.4. The Balaban J connectivity index is 2.22. The molecular formula is C12H14BrFN2O. The third-order valence-corrected chi connectivity index (χ3v) is 3.42. The molecule has 1 amide bonds. The highest BCUT2D eigenvalue weighted by Crippen LogP contribution is 2.32. The van der Waals surface area contributed by atoms with E-state index in [2.05, 4.69) is 33.5 Å². The number of carbonyl (C=O) groups excluding carboxylic acids is 1. The van der Waals surface area contributed by atoms with Gasteiger partial charge in [-0.15, -0.1) is 0 Å². The Bertz CT molecular complexity index is 450. The van der Waals surface area contributed by atoms with Crippen LogP contribution in [-0.2, 0) is 4.79 Å². The maximum Gasteiger partial charge on any atom is 0.246 e. The highest BCUT2D eigenvalue weighted by Gasteiger charge is 2.25. The molecule has 1 aromatic rings. The molecule has 1 aliphatic rings. The molecule has 0 spiro atoms. The molecular weight excluding hydrogens is 287 g/mol. The van der Waals surface area contributed by atoms with Gasteiger partial charge in [0.2, 0.25) is 5.91 Å². The van der Waals surface area contributed by atoms with Gasteiger partial charge in [0.1, 0.15) is 11.9 Å².